The lowest BCUT2D eigenvalue weighted by atomic mass is 10.1. The molecule has 3 rings (SSSR count). The number of likely N-dealkylation sites (tertiary alicyclic amines) is 1. The van der Waals surface area contributed by atoms with Crippen LogP contribution in [-0.4, -0.2) is 47.3 Å². The third-order valence-corrected chi connectivity index (χ3v) is 4.85. The number of carbonyl (C=O) groups excluding carboxylic acids is 1. The fourth-order valence-corrected chi connectivity index (χ4v) is 3.52. The van der Waals surface area contributed by atoms with Gasteiger partial charge in [-0.05, 0) is 51.1 Å². The van der Waals surface area contributed by atoms with Gasteiger partial charge in [0.15, 0.2) is 0 Å². The minimum Gasteiger partial charge on any atom is -0.338 e. The molecule has 2 heterocycles. The standard InChI is InChI=1S/C17H21BrN4O.ClH/c1-12-16(17(23)21-7-6-13(11-21)9-19-2)10-20-22(12)15-5-3-4-14(18)8-15;/h3-5,8,10,13,19H,6-7,9,11H2,1-2H3;1H. The molecule has 1 aromatic heterocycles. The van der Waals surface area contributed by atoms with Gasteiger partial charge in [-0.3, -0.25) is 4.79 Å². The molecule has 130 valence electrons. The summed E-state index contributed by atoms with van der Waals surface area (Å²) in [6.07, 6.45) is 2.75. The molecule has 1 saturated heterocycles. The van der Waals surface area contributed by atoms with E-state index in [1.165, 1.54) is 0 Å². The molecular weight excluding hydrogens is 392 g/mol. The summed E-state index contributed by atoms with van der Waals surface area (Å²) in [6, 6.07) is 7.91. The Bertz CT molecular complexity index is 718. The third kappa shape index (κ3) is 3.82. The van der Waals surface area contributed by atoms with E-state index in [4.69, 9.17) is 0 Å². The van der Waals surface area contributed by atoms with Crippen LogP contribution in [0.3, 0.4) is 0 Å². The summed E-state index contributed by atoms with van der Waals surface area (Å²) in [7, 11) is 1.96. The van der Waals surface area contributed by atoms with Crippen LogP contribution in [0.15, 0.2) is 34.9 Å². The molecule has 1 unspecified atom stereocenters. The first-order valence-electron chi connectivity index (χ1n) is 7.84. The van der Waals surface area contributed by atoms with Crippen molar-refractivity contribution in [1.82, 2.24) is 20.0 Å². The van der Waals surface area contributed by atoms with E-state index in [0.29, 0.717) is 11.5 Å². The van der Waals surface area contributed by atoms with Gasteiger partial charge in [-0.15, -0.1) is 12.4 Å². The summed E-state index contributed by atoms with van der Waals surface area (Å²) in [5, 5.41) is 7.60. The Hall–Kier alpha value is -1.37. The Morgan fingerprint density at radius 1 is 1.46 bits per heavy atom. The van der Waals surface area contributed by atoms with E-state index < -0.39 is 0 Å². The van der Waals surface area contributed by atoms with Crippen molar-refractivity contribution in [2.45, 2.75) is 13.3 Å². The Kier molecular flexibility index (Phi) is 6.43. The monoisotopic (exact) mass is 412 g/mol. The first-order valence-corrected chi connectivity index (χ1v) is 8.64. The summed E-state index contributed by atoms with van der Waals surface area (Å²) in [6.45, 7) is 4.55. The molecular formula is C17H22BrClN4O. The Balaban J connectivity index is 0.00000208. The molecule has 1 aromatic carbocycles. The van der Waals surface area contributed by atoms with Gasteiger partial charge >= 0.3 is 0 Å². The van der Waals surface area contributed by atoms with Crippen molar-refractivity contribution in [3.05, 3.63) is 46.2 Å². The number of aromatic nitrogens is 2. The molecule has 24 heavy (non-hydrogen) atoms. The van der Waals surface area contributed by atoms with Crippen molar-refractivity contribution in [1.29, 1.82) is 0 Å². The molecule has 0 radical (unpaired) electrons. The van der Waals surface area contributed by atoms with Gasteiger partial charge in [0.05, 0.1) is 23.1 Å². The van der Waals surface area contributed by atoms with Crippen molar-refractivity contribution < 1.29 is 4.79 Å². The first-order chi connectivity index (χ1) is 11.1. The summed E-state index contributed by atoms with van der Waals surface area (Å²) >= 11 is 3.47. The van der Waals surface area contributed by atoms with E-state index in [2.05, 4.69) is 26.3 Å². The Labute approximate surface area is 157 Å². The van der Waals surface area contributed by atoms with E-state index in [1.807, 2.05) is 47.8 Å². The van der Waals surface area contributed by atoms with E-state index in [-0.39, 0.29) is 18.3 Å². The summed E-state index contributed by atoms with van der Waals surface area (Å²) in [5.41, 5.74) is 2.52. The minimum atomic E-state index is 0. The minimum absolute atomic E-state index is 0. The largest absolute Gasteiger partial charge is 0.338 e. The number of nitrogens with zero attached hydrogens (tertiary/aromatic N) is 3. The van der Waals surface area contributed by atoms with Gasteiger partial charge in [0.25, 0.3) is 5.91 Å². The number of amides is 1. The van der Waals surface area contributed by atoms with Crippen molar-refractivity contribution in [3.8, 4) is 5.69 Å². The molecule has 5 nitrogen and oxygen atoms in total. The average molecular weight is 414 g/mol. The van der Waals surface area contributed by atoms with Gasteiger partial charge in [-0.25, -0.2) is 4.68 Å². The van der Waals surface area contributed by atoms with Crippen molar-refractivity contribution in [2.24, 2.45) is 5.92 Å². The van der Waals surface area contributed by atoms with Crippen molar-refractivity contribution in [2.75, 3.05) is 26.7 Å². The highest BCUT2D eigenvalue weighted by Gasteiger charge is 2.28. The zero-order valence-electron chi connectivity index (χ0n) is 13.8. The lowest BCUT2D eigenvalue weighted by Crippen LogP contribution is -2.30. The second kappa shape index (κ2) is 8.14. The first kappa shape index (κ1) is 19.0. The Morgan fingerprint density at radius 3 is 2.96 bits per heavy atom. The van der Waals surface area contributed by atoms with Crippen LogP contribution in [-0.2, 0) is 0 Å². The Morgan fingerprint density at radius 2 is 2.25 bits per heavy atom. The molecule has 2 aromatic rings. The summed E-state index contributed by atoms with van der Waals surface area (Å²) in [4.78, 5) is 14.7. The number of hydrogen-bond donors (Lipinski definition) is 1. The van der Waals surface area contributed by atoms with Crippen LogP contribution >= 0.6 is 28.3 Å². The highest BCUT2D eigenvalue weighted by atomic mass is 79.9. The van der Waals surface area contributed by atoms with Crippen LogP contribution < -0.4 is 5.32 Å². The van der Waals surface area contributed by atoms with Gasteiger partial charge < -0.3 is 10.2 Å². The molecule has 0 aliphatic carbocycles. The molecule has 1 atom stereocenters. The van der Waals surface area contributed by atoms with Gasteiger partial charge in [-0.1, -0.05) is 22.0 Å². The van der Waals surface area contributed by atoms with Crippen LogP contribution in [0.25, 0.3) is 5.69 Å². The summed E-state index contributed by atoms with van der Waals surface area (Å²) < 4.78 is 2.81. The second-order valence-electron chi connectivity index (χ2n) is 6.00. The molecule has 0 spiro atoms. The van der Waals surface area contributed by atoms with E-state index in [9.17, 15) is 4.79 Å². The van der Waals surface area contributed by atoms with Crippen LogP contribution in [0.2, 0.25) is 0 Å². The number of benzene rings is 1. The molecule has 1 amide bonds. The number of carbonyl (C=O) groups is 1. The van der Waals surface area contributed by atoms with Crippen LogP contribution in [0.1, 0.15) is 22.5 Å². The lowest BCUT2D eigenvalue weighted by Gasteiger charge is -2.16. The number of nitrogens with one attached hydrogen (secondary N) is 1. The normalized spacial score (nSPS) is 17.0. The number of rotatable bonds is 4. The molecule has 1 aliphatic heterocycles. The van der Waals surface area contributed by atoms with Crippen LogP contribution in [0, 0.1) is 12.8 Å². The molecule has 0 bridgehead atoms. The maximum absolute atomic E-state index is 12.8. The van der Waals surface area contributed by atoms with Gasteiger partial charge in [0.2, 0.25) is 0 Å². The molecule has 0 saturated carbocycles. The quantitative estimate of drug-likeness (QED) is 0.838. The zero-order chi connectivity index (χ0) is 16.4. The van der Waals surface area contributed by atoms with Crippen LogP contribution in [0.4, 0.5) is 0 Å². The highest BCUT2D eigenvalue weighted by Crippen LogP contribution is 2.22. The van der Waals surface area contributed by atoms with Gasteiger partial charge in [-0.2, -0.15) is 5.10 Å². The lowest BCUT2D eigenvalue weighted by molar-refractivity contribution is 0.0786. The predicted octanol–water partition coefficient (Wildman–Crippen LogP) is 3.05. The second-order valence-corrected chi connectivity index (χ2v) is 6.91. The van der Waals surface area contributed by atoms with Crippen molar-refractivity contribution >= 4 is 34.2 Å². The summed E-state index contributed by atoms with van der Waals surface area (Å²) in [5.74, 6) is 0.631. The topological polar surface area (TPSA) is 50.2 Å². The fraction of sp³-hybridized carbons (Fsp3) is 0.412. The highest BCUT2D eigenvalue weighted by molar-refractivity contribution is 9.10. The number of halogens is 2. The molecule has 7 heteroatoms. The maximum atomic E-state index is 12.8. The van der Waals surface area contributed by atoms with E-state index in [0.717, 1.165) is 41.9 Å². The molecule has 1 aliphatic rings. The zero-order valence-corrected chi connectivity index (χ0v) is 16.2. The smallest absolute Gasteiger partial charge is 0.257 e. The third-order valence-electron chi connectivity index (χ3n) is 4.36. The molecule has 1 fully saturated rings. The maximum Gasteiger partial charge on any atom is 0.257 e. The van der Waals surface area contributed by atoms with E-state index >= 15 is 0 Å². The van der Waals surface area contributed by atoms with Crippen LogP contribution in [0.5, 0.6) is 0 Å². The van der Waals surface area contributed by atoms with Gasteiger partial charge in [0, 0.05) is 17.6 Å². The SMILES string of the molecule is CNCC1CCN(C(=O)c2cnn(-c3cccc(Br)c3)c2C)C1.Cl. The predicted molar refractivity (Wildman–Crippen MR) is 101 cm³/mol. The molecule has 1 N–H and O–H groups in total. The fourth-order valence-electron chi connectivity index (χ4n) is 3.13. The number of hydrogen-bond acceptors (Lipinski definition) is 3. The van der Waals surface area contributed by atoms with Gasteiger partial charge in [0.1, 0.15) is 0 Å². The average Bonchev–Trinajstić information content (AvgIpc) is 3.14. The van der Waals surface area contributed by atoms with Crippen molar-refractivity contribution in [3.63, 3.8) is 0 Å². The van der Waals surface area contributed by atoms with E-state index in [1.54, 1.807) is 6.20 Å².